The molecule has 1 unspecified atom stereocenters. The summed E-state index contributed by atoms with van der Waals surface area (Å²) in [6, 6.07) is 29.9. The van der Waals surface area contributed by atoms with E-state index in [1.54, 1.807) is 0 Å². The van der Waals surface area contributed by atoms with Crippen LogP contribution in [0.15, 0.2) is 97.1 Å². The van der Waals surface area contributed by atoms with Crippen LogP contribution in [0.4, 0.5) is 4.79 Å². The zero-order valence-electron chi connectivity index (χ0n) is 30.7. The molecule has 0 bridgehead atoms. The molecule has 1 amide bonds. The Morgan fingerprint density at radius 3 is 1.50 bits per heavy atom. The Bertz CT molecular complexity index is 1860. The lowest BCUT2D eigenvalue weighted by Gasteiger charge is -2.36. The van der Waals surface area contributed by atoms with E-state index in [1.165, 1.54) is 33.6 Å². The van der Waals surface area contributed by atoms with E-state index in [1.807, 2.05) is 114 Å². The van der Waals surface area contributed by atoms with Crippen LogP contribution in [0.25, 0.3) is 22.3 Å². The molecule has 0 saturated heterocycles. The zero-order valence-corrected chi connectivity index (χ0v) is 32.3. The molecule has 2 aliphatic rings. The molecule has 1 N–H and O–H groups in total. The van der Waals surface area contributed by atoms with E-state index in [0.717, 1.165) is 44.5 Å². The maximum Gasteiger partial charge on any atom is 0.411 e. The van der Waals surface area contributed by atoms with Crippen molar-refractivity contribution in [3.8, 4) is 22.3 Å². The van der Waals surface area contributed by atoms with Crippen molar-refractivity contribution in [1.29, 1.82) is 0 Å². The number of carbonyl (C=O) groups is 3. The summed E-state index contributed by atoms with van der Waals surface area (Å²) in [5.74, 6) is -0.365. The number of hydrogen-bond donors (Lipinski definition) is 1. The largest absolute Gasteiger partial charge is 0.459 e. The Morgan fingerprint density at radius 2 is 1.04 bits per heavy atom. The first-order valence-corrected chi connectivity index (χ1v) is 19.9. The molecule has 0 aliphatic heterocycles. The first kappa shape index (κ1) is 37.5. The highest BCUT2D eigenvalue weighted by Crippen LogP contribution is 2.48. The van der Waals surface area contributed by atoms with Gasteiger partial charge in [0.2, 0.25) is 0 Å². The smallest absolute Gasteiger partial charge is 0.411 e. The van der Waals surface area contributed by atoms with Gasteiger partial charge in [0.15, 0.2) is 0 Å². The molecule has 0 heterocycles. The highest BCUT2D eigenvalue weighted by atomic mass is 33.1. The van der Waals surface area contributed by atoms with E-state index in [9.17, 15) is 14.4 Å². The fraction of sp³-hybridized carbons (Fsp3) is 0.357. The molecule has 0 aromatic heterocycles. The Hall–Kier alpha value is -4.25. The molecule has 0 saturated carbocycles. The number of benzene rings is 4. The number of carbonyl (C=O) groups excluding carboxylic acids is 3. The summed E-state index contributed by atoms with van der Waals surface area (Å²) in [5.41, 5.74) is 6.83. The number of methoxy groups -OCH3 is 1. The average Bonchev–Trinajstić information content (AvgIpc) is 3.60. The van der Waals surface area contributed by atoms with E-state index in [2.05, 4.69) is 29.6 Å². The zero-order chi connectivity index (χ0) is 37.2. The number of ether oxygens (including phenoxy) is 3. The number of rotatable bonds is 11. The molecule has 0 radical (unpaired) electrons. The molecule has 2 aliphatic carbocycles. The maximum atomic E-state index is 14.1. The first-order valence-electron chi connectivity index (χ1n) is 17.5. The minimum atomic E-state index is -1.00. The maximum absolute atomic E-state index is 14.1. The number of esters is 2. The summed E-state index contributed by atoms with van der Waals surface area (Å²) in [6.45, 7) is 11.0. The lowest BCUT2D eigenvalue weighted by atomic mass is 10.0. The minimum Gasteiger partial charge on any atom is -0.459 e. The van der Waals surface area contributed by atoms with Gasteiger partial charge in [-0.05, 0) is 86.1 Å². The summed E-state index contributed by atoms with van der Waals surface area (Å²) >= 11 is 0. The molecule has 8 nitrogen and oxygen atoms in total. The third-order valence-corrected chi connectivity index (χ3v) is 11.3. The molecule has 4 aromatic rings. The Morgan fingerprint density at radius 1 is 0.635 bits per heavy atom. The minimum absolute atomic E-state index is 0.186. The fourth-order valence-electron chi connectivity index (χ4n) is 6.90. The lowest BCUT2D eigenvalue weighted by molar-refractivity contribution is -0.160. The predicted molar refractivity (Wildman–Crippen MR) is 209 cm³/mol. The van der Waals surface area contributed by atoms with Gasteiger partial charge in [-0.15, -0.1) is 0 Å². The van der Waals surface area contributed by atoms with Crippen LogP contribution in [-0.4, -0.2) is 64.8 Å². The molecule has 2 atom stereocenters. The monoisotopic (exact) mass is 738 g/mol. The Balaban J connectivity index is 1.27. The van der Waals surface area contributed by atoms with Crippen molar-refractivity contribution in [2.75, 3.05) is 18.6 Å². The second-order valence-corrected chi connectivity index (χ2v) is 17.5. The third-order valence-electron chi connectivity index (χ3n) is 8.92. The summed E-state index contributed by atoms with van der Waals surface area (Å²) < 4.78 is 17.2. The van der Waals surface area contributed by atoms with Gasteiger partial charge in [0, 0.05) is 11.5 Å². The molecule has 272 valence electrons. The third kappa shape index (κ3) is 8.04. The van der Waals surface area contributed by atoms with E-state index < -0.39 is 41.4 Å². The predicted octanol–water partition coefficient (Wildman–Crippen LogP) is 8.99. The van der Waals surface area contributed by atoms with E-state index >= 15 is 0 Å². The van der Waals surface area contributed by atoms with Gasteiger partial charge < -0.3 is 14.2 Å². The van der Waals surface area contributed by atoms with Crippen LogP contribution < -0.4 is 5.32 Å². The van der Waals surface area contributed by atoms with Gasteiger partial charge in [0.05, 0.1) is 19.2 Å². The van der Waals surface area contributed by atoms with Crippen LogP contribution >= 0.6 is 21.6 Å². The molecular formula is C42H46N2O6S2. The van der Waals surface area contributed by atoms with Crippen molar-refractivity contribution in [2.45, 2.75) is 76.9 Å². The van der Waals surface area contributed by atoms with Gasteiger partial charge in [-0.2, -0.15) is 0 Å². The molecule has 52 heavy (non-hydrogen) atoms. The van der Waals surface area contributed by atoms with Crippen LogP contribution in [0.5, 0.6) is 0 Å². The molecule has 0 fully saturated rings. The number of nitrogens with zero attached hydrogens (tertiary/aromatic N) is 1. The first-order chi connectivity index (χ1) is 24.8. The van der Waals surface area contributed by atoms with Gasteiger partial charge >= 0.3 is 18.0 Å². The Kier molecular flexibility index (Phi) is 11.1. The van der Waals surface area contributed by atoms with Crippen LogP contribution in [-0.2, 0) is 23.8 Å². The van der Waals surface area contributed by atoms with Gasteiger partial charge in [-0.1, -0.05) is 119 Å². The SMILES string of the molecule is COC(=O)N(C1c2ccccc2-c2ccccc21)[C@@H](CSSCC(NC1c2ccccc2-c2ccccc21)C(=O)OC(C)(C)C)C(=O)OC(C)(C)C. The van der Waals surface area contributed by atoms with Crippen molar-refractivity contribution < 1.29 is 28.6 Å². The Labute approximate surface area is 314 Å². The van der Waals surface area contributed by atoms with Crippen molar-refractivity contribution >= 4 is 39.6 Å². The van der Waals surface area contributed by atoms with Crippen LogP contribution in [0, 0.1) is 0 Å². The van der Waals surface area contributed by atoms with E-state index in [4.69, 9.17) is 14.2 Å². The van der Waals surface area contributed by atoms with E-state index in [-0.39, 0.29) is 17.8 Å². The number of nitrogens with one attached hydrogen (secondary N) is 1. The van der Waals surface area contributed by atoms with Gasteiger partial charge in [-0.3, -0.25) is 15.0 Å². The average molecular weight is 739 g/mol. The van der Waals surface area contributed by atoms with Crippen molar-refractivity contribution in [3.05, 3.63) is 119 Å². The number of hydrogen-bond acceptors (Lipinski definition) is 9. The quantitative estimate of drug-likeness (QED) is 0.0701. The molecule has 6 rings (SSSR count). The summed E-state index contributed by atoms with van der Waals surface area (Å²) in [6.07, 6.45) is -0.634. The van der Waals surface area contributed by atoms with Crippen LogP contribution in [0.3, 0.4) is 0 Å². The summed E-state index contributed by atoms with van der Waals surface area (Å²) in [4.78, 5) is 43.1. The summed E-state index contributed by atoms with van der Waals surface area (Å²) in [5, 5.41) is 3.62. The van der Waals surface area contributed by atoms with Crippen molar-refractivity contribution in [1.82, 2.24) is 10.2 Å². The van der Waals surface area contributed by atoms with E-state index in [0.29, 0.717) is 5.75 Å². The second-order valence-electron chi connectivity index (χ2n) is 14.9. The normalized spacial score (nSPS) is 14.8. The number of amides is 1. The van der Waals surface area contributed by atoms with Crippen molar-refractivity contribution in [2.24, 2.45) is 0 Å². The lowest BCUT2D eigenvalue weighted by Crippen LogP contribution is -2.50. The van der Waals surface area contributed by atoms with Crippen LogP contribution in [0.2, 0.25) is 0 Å². The highest BCUT2D eigenvalue weighted by molar-refractivity contribution is 8.76. The summed E-state index contributed by atoms with van der Waals surface area (Å²) in [7, 11) is 4.17. The topological polar surface area (TPSA) is 94.2 Å². The standard InChI is InChI=1S/C42H46N2O6S2/c1-41(2,3)49-38(45)34(43-36-30-20-12-8-16-26(30)27-17-9-13-21-31(27)36)24-51-52-25-35(39(46)50-42(4,5)6)44(40(47)48-7)37-32-22-14-10-18-28(32)29-19-11-15-23-33(29)37/h8-23,34-37,43H,24-25H2,1-7H3/t34?,35-/m0/s1. The molecule has 4 aromatic carbocycles. The fourth-order valence-corrected chi connectivity index (χ4v) is 9.26. The molecule has 10 heteroatoms. The molecular weight excluding hydrogens is 693 g/mol. The van der Waals surface area contributed by atoms with Crippen molar-refractivity contribution in [3.63, 3.8) is 0 Å². The van der Waals surface area contributed by atoms with Gasteiger partial charge in [0.1, 0.15) is 23.3 Å². The molecule has 0 spiro atoms. The highest BCUT2D eigenvalue weighted by Gasteiger charge is 2.44. The second kappa shape index (κ2) is 15.4. The van der Waals surface area contributed by atoms with Gasteiger partial charge in [-0.25, -0.2) is 9.59 Å². The number of fused-ring (bicyclic) bond motifs is 6. The van der Waals surface area contributed by atoms with Crippen LogP contribution in [0.1, 0.15) is 75.9 Å². The van der Waals surface area contributed by atoms with Gasteiger partial charge in [0.25, 0.3) is 0 Å².